The fraction of sp³-hybridized carbons (Fsp3) is 0.333. The molecule has 3 heterocycles. The molecule has 0 unspecified atom stereocenters. The third kappa shape index (κ3) is 4.17. The van der Waals surface area contributed by atoms with E-state index in [1.54, 1.807) is 23.8 Å². The molecule has 0 radical (unpaired) electrons. The average Bonchev–Trinajstić information content (AvgIpc) is 2.80. The zero-order chi connectivity index (χ0) is 21.1. The summed E-state index contributed by atoms with van der Waals surface area (Å²) in [5.74, 6) is 0.850. The molecule has 0 spiro atoms. The van der Waals surface area contributed by atoms with Crippen LogP contribution in [0.1, 0.15) is 12.6 Å². The maximum absolute atomic E-state index is 12.1. The lowest BCUT2D eigenvalue weighted by molar-refractivity contribution is 0.384. The number of benzene rings is 1. The minimum Gasteiger partial charge on any atom is -0.353 e. The van der Waals surface area contributed by atoms with Crippen LogP contribution in [0.5, 0.6) is 0 Å². The van der Waals surface area contributed by atoms with Crippen LogP contribution in [-0.4, -0.2) is 64.6 Å². The van der Waals surface area contributed by atoms with Gasteiger partial charge in [-0.1, -0.05) is 30.3 Å². The normalized spacial score (nSPS) is 15.3. The Hall–Kier alpha value is -2.91. The summed E-state index contributed by atoms with van der Waals surface area (Å²) in [6.45, 7) is 5.64. The topological polar surface area (TPSA) is 92.2 Å². The zero-order valence-electron chi connectivity index (χ0n) is 17.1. The van der Waals surface area contributed by atoms with Gasteiger partial charge >= 0.3 is 0 Å². The maximum Gasteiger partial charge on any atom is 0.213 e. The molecule has 8 nitrogen and oxygen atoms in total. The smallest absolute Gasteiger partial charge is 0.213 e. The highest BCUT2D eigenvalue weighted by molar-refractivity contribution is 7.89. The summed E-state index contributed by atoms with van der Waals surface area (Å²) in [6, 6.07) is 11.8. The lowest BCUT2D eigenvalue weighted by Gasteiger charge is -2.34. The van der Waals surface area contributed by atoms with Gasteiger partial charge in [0.1, 0.15) is 17.8 Å². The van der Waals surface area contributed by atoms with E-state index in [9.17, 15) is 8.42 Å². The van der Waals surface area contributed by atoms with Gasteiger partial charge in [0.25, 0.3) is 0 Å². The minimum atomic E-state index is -3.16. The third-order valence-corrected chi connectivity index (χ3v) is 7.12. The van der Waals surface area contributed by atoms with E-state index in [1.807, 2.05) is 43.3 Å². The van der Waals surface area contributed by atoms with E-state index < -0.39 is 10.0 Å². The molecule has 9 heteroatoms. The number of hydrogen-bond donors (Lipinski definition) is 0. The standard InChI is InChI=1S/C21H24N6O2S/c1-3-30(28,29)27-11-9-26(10-12-27)20-14-22-16(2)21(25-20)19-13-18(23-15-24-19)17-7-5-4-6-8-17/h4-8,13-15H,3,9-12H2,1-2H3. The molecule has 4 rings (SSSR count). The Bertz CT molecular complexity index is 1130. The van der Waals surface area contributed by atoms with Gasteiger partial charge in [0.05, 0.1) is 29.0 Å². The third-order valence-electron chi connectivity index (χ3n) is 5.24. The predicted molar refractivity (Wildman–Crippen MR) is 116 cm³/mol. The van der Waals surface area contributed by atoms with Gasteiger partial charge in [0.2, 0.25) is 10.0 Å². The lowest BCUT2D eigenvalue weighted by atomic mass is 10.1. The van der Waals surface area contributed by atoms with E-state index in [-0.39, 0.29) is 5.75 Å². The van der Waals surface area contributed by atoms with Crippen LogP contribution in [-0.2, 0) is 10.0 Å². The van der Waals surface area contributed by atoms with Crippen molar-refractivity contribution in [2.45, 2.75) is 13.8 Å². The van der Waals surface area contributed by atoms with Gasteiger partial charge in [0, 0.05) is 31.7 Å². The molecule has 0 amide bonds. The molecule has 1 aromatic carbocycles. The van der Waals surface area contributed by atoms with Crippen molar-refractivity contribution in [3.05, 3.63) is 54.6 Å². The summed E-state index contributed by atoms with van der Waals surface area (Å²) in [5.41, 5.74) is 4.03. The zero-order valence-corrected chi connectivity index (χ0v) is 17.9. The molecule has 30 heavy (non-hydrogen) atoms. The number of nitrogens with zero attached hydrogens (tertiary/aromatic N) is 6. The molecular formula is C21H24N6O2S. The van der Waals surface area contributed by atoms with Crippen LogP contribution < -0.4 is 4.90 Å². The summed E-state index contributed by atoms with van der Waals surface area (Å²) in [4.78, 5) is 20.2. The quantitative estimate of drug-likeness (QED) is 0.621. The van der Waals surface area contributed by atoms with Crippen LogP contribution in [0, 0.1) is 6.92 Å². The van der Waals surface area contributed by atoms with E-state index in [0.29, 0.717) is 37.6 Å². The van der Waals surface area contributed by atoms with Crippen LogP contribution in [0.2, 0.25) is 0 Å². The molecule has 0 saturated carbocycles. The van der Waals surface area contributed by atoms with Gasteiger partial charge in [-0.25, -0.2) is 23.4 Å². The average molecular weight is 425 g/mol. The molecule has 1 fully saturated rings. The van der Waals surface area contributed by atoms with E-state index in [0.717, 1.165) is 22.8 Å². The van der Waals surface area contributed by atoms with Crippen LogP contribution in [0.4, 0.5) is 5.82 Å². The van der Waals surface area contributed by atoms with Crippen LogP contribution in [0.25, 0.3) is 22.6 Å². The lowest BCUT2D eigenvalue weighted by Crippen LogP contribution is -2.49. The van der Waals surface area contributed by atoms with Crippen LogP contribution in [0.15, 0.2) is 48.9 Å². The molecule has 0 N–H and O–H groups in total. The molecular weight excluding hydrogens is 400 g/mol. The number of rotatable bonds is 5. The molecule has 0 atom stereocenters. The monoisotopic (exact) mass is 424 g/mol. The van der Waals surface area contributed by atoms with Gasteiger partial charge in [0.15, 0.2) is 0 Å². The molecule has 156 valence electrons. The Labute approximate surface area is 176 Å². The Kier molecular flexibility index (Phi) is 5.74. The number of aromatic nitrogens is 4. The van der Waals surface area contributed by atoms with Crippen molar-refractivity contribution >= 4 is 15.8 Å². The second-order valence-corrected chi connectivity index (χ2v) is 9.36. The van der Waals surface area contributed by atoms with Crippen molar-refractivity contribution in [2.75, 3.05) is 36.8 Å². The Balaban J connectivity index is 1.59. The molecule has 1 aliphatic heterocycles. The van der Waals surface area contributed by atoms with Crippen molar-refractivity contribution in [3.8, 4) is 22.6 Å². The Morgan fingerprint density at radius 3 is 2.37 bits per heavy atom. The highest BCUT2D eigenvalue weighted by Crippen LogP contribution is 2.25. The van der Waals surface area contributed by atoms with Crippen molar-refractivity contribution in [3.63, 3.8) is 0 Å². The van der Waals surface area contributed by atoms with E-state index >= 15 is 0 Å². The van der Waals surface area contributed by atoms with E-state index in [4.69, 9.17) is 4.98 Å². The summed E-state index contributed by atoms with van der Waals surface area (Å²) < 4.78 is 25.7. The summed E-state index contributed by atoms with van der Waals surface area (Å²) in [6.07, 6.45) is 3.28. The number of hydrogen-bond acceptors (Lipinski definition) is 7. The minimum absolute atomic E-state index is 0.124. The summed E-state index contributed by atoms with van der Waals surface area (Å²) in [5, 5.41) is 0. The van der Waals surface area contributed by atoms with Crippen molar-refractivity contribution in [1.82, 2.24) is 24.2 Å². The van der Waals surface area contributed by atoms with Gasteiger partial charge < -0.3 is 4.90 Å². The summed E-state index contributed by atoms with van der Waals surface area (Å²) in [7, 11) is -3.16. The van der Waals surface area contributed by atoms with E-state index in [1.165, 1.54) is 0 Å². The molecule has 1 aliphatic rings. The first-order valence-electron chi connectivity index (χ1n) is 9.92. The first-order valence-corrected chi connectivity index (χ1v) is 11.5. The van der Waals surface area contributed by atoms with Crippen molar-refractivity contribution in [1.29, 1.82) is 0 Å². The SMILES string of the molecule is CCS(=O)(=O)N1CCN(c2cnc(C)c(-c3cc(-c4ccccc4)ncn3)n2)CC1. The van der Waals surface area contributed by atoms with Crippen LogP contribution in [0.3, 0.4) is 0 Å². The first-order chi connectivity index (χ1) is 14.5. The second-order valence-electron chi connectivity index (χ2n) is 7.10. The van der Waals surface area contributed by atoms with Gasteiger partial charge in [-0.05, 0) is 19.9 Å². The Morgan fingerprint density at radius 2 is 1.67 bits per heavy atom. The van der Waals surface area contributed by atoms with Crippen molar-refractivity contribution in [2.24, 2.45) is 0 Å². The highest BCUT2D eigenvalue weighted by atomic mass is 32.2. The molecule has 0 bridgehead atoms. The number of anilines is 1. The van der Waals surface area contributed by atoms with E-state index in [2.05, 4.69) is 19.9 Å². The van der Waals surface area contributed by atoms with Gasteiger partial charge in [-0.15, -0.1) is 0 Å². The largest absolute Gasteiger partial charge is 0.353 e. The highest BCUT2D eigenvalue weighted by Gasteiger charge is 2.26. The predicted octanol–water partition coefficient (Wildman–Crippen LogP) is 2.38. The Morgan fingerprint density at radius 1 is 0.967 bits per heavy atom. The molecule has 1 saturated heterocycles. The van der Waals surface area contributed by atoms with Gasteiger partial charge in [-0.2, -0.15) is 4.31 Å². The fourth-order valence-electron chi connectivity index (χ4n) is 3.47. The number of sulfonamides is 1. The molecule has 3 aromatic rings. The van der Waals surface area contributed by atoms with Crippen molar-refractivity contribution < 1.29 is 8.42 Å². The number of piperazine rings is 1. The number of aryl methyl sites for hydroxylation is 1. The fourth-order valence-corrected chi connectivity index (χ4v) is 4.55. The maximum atomic E-state index is 12.1. The second kappa shape index (κ2) is 8.45. The molecule has 0 aliphatic carbocycles. The van der Waals surface area contributed by atoms with Crippen LogP contribution >= 0.6 is 0 Å². The first kappa shape index (κ1) is 20.4. The van der Waals surface area contributed by atoms with Gasteiger partial charge in [-0.3, -0.25) is 4.98 Å². The summed E-state index contributed by atoms with van der Waals surface area (Å²) >= 11 is 0. The molecule has 2 aromatic heterocycles.